The molecule has 2 N–H and O–H groups in total. The fourth-order valence-electron chi connectivity index (χ4n) is 1.04. The molecule has 0 saturated carbocycles. The molecule has 0 aliphatic rings. The Bertz CT molecular complexity index is 310. The lowest BCUT2D eigenvalue weighted by Gasteiger charge is -2.09. The summed E-state index contributed by atoms with van der Waals surface area (Å²) in [4.78, 5) is 0. The molecule has 13 heavy (non-hydrogen) atoms. The van der Waals surface area contributed by atoms with E-state index in [9.17, 15) is 4.39 Å². The van der Waals surface area contributed by atoms with E-state index in [1.165, 1.54) is 20.1 Å². The van der Waals surface area contributed by atoms with Crippen molar-refractivity contribution in [3.63, 3.8) is 0 Å². The van der Waals surface area contributed by atoms with Crippen LogP contribution in [-0.2, 0) is 0 Å². The standard InChI is InChI=1S/C9H11FO3/c1-5(11)6-3-9(13-2)8(12)4-7(6)10/h3-5,11-12H,1-2H3. The summed E-state index contributed by atoms with van der Waals surface area (Å²) >= 11 is 0. The molecule has 0 radical (unpaired) electrons. The van der Waals surface area contributed by atoms with Crippen LogP contribution in [0.2, 0.25) is 0 Å². The number of benzene rings is 1. The van der Waals surface area contributed by atoms with Crippen molar-refractivity contribution < 1.29 is 19.3 Å². The summed E-state index contributed by atoms with van der Waals surface area (Å²) in [6, 6.07) is 2.19. The maximum Gasteiger partial charge on any atom is 0.161 e. The van der Waals surface area contributed by atoms with Crippen LogP contribution in [0.15, 0.2) is 12.1 Å². The molecule has 1 atom stereocenters. The van der Waals surface area contributed by atoms with Crippen LogP contribution in [-0.4, -0.2) is 17.3 Å². The number of aromatic hydroxyl groups is 1. The van der Waals surface area contributed by atoms with E-state index in [1.807, 2.05) is 0 Å². The zero-order valence-electron chi connectivity index (χ0n) is 7.41. The van der Waals surface area contributed by atoms with E-state index in [-0.39, 0.29) is 17.1 Å². The second kappa shape index (κ2) is 3.62. The highest BCUT2D eigenvalue weighted by Gasteiger charge is 2.12. The Balaban J connectivity index is 3.22. The highest BCUT2D eigenvalue weighted by atomic mass is 19.1. The van der Waals surface area contributed by atoms with Gasteiger partial charge in [0.2, 0.25) is 0 Å². The van der Waals surface area contributed by atoms with Crippen LogP contribution < -0.4 is 4.74 Å². The first kappa shape index (κ1) is 9.80. The summed E-state index contributed by atoms with van der Waals surface area (Å²) in [5.41, 5.74) is 0.106. The number of methoxy groups -OCH3 is 1. The second-order valence-corrected chi connectivity index (χ2v) is 2.72. The Kier molecular flexibility index (Phi) is 2.72. The maximum atomic E-state index is 13.0. The van der Waals surface area contributed by atoms with Gasteiger partial charge in [0.15, 0.2) is 11.5 Å². The highest BCUT2D eigenvalue weighted by Crippen LogP contribution is 2.31. The van der Waals surface area contributed by atoms with Crippen LogP contribution in [0.4, 0.5) is 4.39 Å². The van der Waals surface area contributed by atoms with Gasteiger partial charge in [-0.3, -0.25) is 0 Å². The van der Waals surface area contributed by atoms with E-state index >= 15 is 0 Å². The molecule has 72 valence electrons. The minimum atomic E-state index is -0.922. The zero-order valence-corrected chi connectivity index (χ0v) is 7.41. The number of ether oxygens (including phenoxy) is 1. The molecule has 0 spiro atoms. The Hall–Kier alpha value is -1.29. The molecular formula is C9H11FO3. The number of hydrogen-bond acceptors (Lipinski definition) is 3. The second-order valence-electron chi connectivity index (χ2n) is 2.72. The molecule has 0 fully saturated rings. The van der Waals surface area contributed by atoms with E-state index in [2.05, 4.69) is 0 Å². The van der Waals surface area contributed by atoms with Crippen molar-refractivity contribution >= 4 is 0 Å². The molecule has 1 aromatic rings. The van der Waals surface area contributed by atoms with E-state index in [4.69, 9.17) is 14.9 Å². The summed E-state index contributed by atoms with van der Waals surface area (Å²) in [5, 5.41) is 18.3. The summed E-state index contributed by atoms with van der Waals surface area (Å²) in [6.45, 7) is 1.44. The van der Waals surface area contributed by atoms with Crippen molar-refractivity contribution in [2.24, 2.45) is 0 Å². The number of phenols is 1. The summed E-state index contributed by atoms with van der Waals surface area (Å²) < 4.78 is 17.8. The molecule has 0 aliphatic carbocycles. The SMILES string of the molecule is COc1cc(C(C)O)c(F)cc1O. The van der Waals surface area contributed by atoms with Crippen molar-refractivity contribution in [3.05, 3.63) is 23.5 Å². The average Bonchev–Trinajstić information content (AvgIpc) is 2.03. The fraction of sp³-hybridized carbons (Fsp3) is 0.333. The molecule has 3 nitrogen and oxygen atoms in total. The zero-order chi connectivity index (χ0) is 10.0. The van der Waals surface area contributed by atoms with Gasteiger partial charge in [-0.2, -0.15) is 0 Å². The minimum Gasteiger partial charge on any atom is -0.504 e. The predicted molar refractivity (Wildman–Crippen MR) is 45.3 cm³/mol. The molecule has 0 saturated heterocycles. The van der Waals surface area contributed by atoms with E-state index in [1.54, 1.807) is 0 Å². The number of halogens is 1. The van der Waals surface area contributed by atoms with Crippen LogP contribution in [0.25, 0.3) is 0 Å². The minimum absolute atomic E-state index is 0.106. The molecule has 0 aliphatic heterocycles. The van der Waals surface area contributed by atoms with Crippen molar-refractivity contribution in [3.8, 4) is 11.5 Å². The first-order chi connectivity index (χ1) is 6.06. The van der Waals surface area contributed by atoms with Crippen LogP contribution in [0, 0.1) is 5.82 Å². The smallest absolute Gasteiger partial charge is 0.161 e. The largest absolute Gasteiger partial charge is 0.504 e. The lowest BCUT2D eigenvalue weighted by molar-refractivity contribution is 0.193. The summed E-state index contributed by atoms with van der Waals surface area (Å²) in [6.07, 6.45) is -0.922. The molecule has 1 rings (SSSR count). The number of hydrogen-bond donors (Lipinski definition) is 2. The molecule has 0 aromatic heterocycles. The van der Waals surface area contributed by atoms with Gasteiger partial charge in [-0.1, -0.05) is 0 Å². The number of aliphatic hydroxyl groups excluding tert-OH is 1. The van der Waals surface area contributed by atoms with Gasteiger partial charge < -0.3 is 14.9 Å². The number of aliphatic hydroxyl groups is 1. The van der Waals surface area contributed by atoms with Gasteiger partial charge in [0.1, 0.15) is 5.82 Å². The molecule has 1 unspecified atom stereocenters. The van der Waals surface area contributed by atoms with Gasteiger partial charge in [-0.15, -0.1) is 0 Å². The Morgan fingerprint density at radius 1 is 1.46 bits per heavy atom. The molecule has 4 heteroatoms. The number of rotatable bonds is 2. The summed E-state index contributed by atoms with van der Waals surface area (Å²) in [7, 11) is 1.36. The van der Waals surface area contributed by atoms with Gasteiger partial charge in [0, 0.05) is 11.6 Å². The molecule has 0 bridgehead atoms. The molecule has 0 heterocycles. The van der Waals surface area contributed by atoms with Crippen LogP contribution in [0.5, 0.6) is 11.5 Å². The lowest BCUT2D eigenvalue weighted by atomic mass is 10.1. The highest BCUT2D eigenvalue weighted by molar-refractivity contribution is 5.43. The van der Waals surface area contributed by atoms with Gasteiger partial charge in [0.05, 0.1) is 13.2 Å². The third kappa shape index (κ3) is 1.89. The predicted octanol–water partition coefficient (Wildman–Crippen LogP) is 1.59. The first-order valence-electron chi connectivity index (χ1n) is 3.80. The van der Waals surface area contributed by atoms with Gasteiger partial charge in [-0.05, 0) is 13.0 Å². The average molecular weight is 186 g/mol. The van der Waals surface area contributed by atoms with Crippen molar-refractivity contribution in [1.29, 1.82) is 0 Å². The first-order valence-corrected chi connectivity index (χ1v) is 3.80. The Morgan fingerprint density at radius 2 is 2.08 bits per heavy atom. The van der Waals surface area contributed by atoms with Gasteiger partial charge in [0.25, 0.3) is 0 Å². The number of phenolic OH excluding ortho intramolecular Hbond substituents is 1. The van der Waals surface area contributed by atoms with Crippen molar-refractivity contribution in [2.75, 3.05) is 7.11 Å². The molecule has 1 aromatic carbocycles. The fourth-order valence-corrected chi connectivity index (χ4v) is 1.04. The normalized spacial score (nSPS) is 12.6. The lowest BCUT2D eigenvalue weighted by Crippen LogP contribution is -1.97. The van der Waals surface area contributed by atoms with Crippen molar-refractivity contribution in [1.82, 2.24) is 0 Å². The Labute approximate surface area is 75.4 Å². The van der Waals surface area contributed by atoms with Crippen LogP contribution >= 0.6 is 0 Å². The van der Waals surface area contributed by atoms with E-state index in [0.717, 1.165) is 6.07 Å². The van der Waals surface area contributed by atoms with Crippen molar-refractivity contribution in [2.45, 2.75) is 13.0 Å². The van der Waals surface area contributed by atoms with E-state index in [0.29, 0.717) is 0 Å². The molecular weight excluding hydrogens is 175 g/mol. The van der Waals surface area contributed by atoms with Gasteiger partial charge >= 0.3 is 0 Å². The maximum absolute atomic E-state index is 13.0. The quantitative estimate of drug-likeness (QED) is 0.737. The summed E-state index contributed by atoms with van der Waals surface area (Å²) in [5.74, 6) is -0.769. The topological polar surface area (TPSA) is 49.7 Å². The third-order valence-corrected chi connectivity index (χ3v) is 1.75. The van der Waals surface area contributed by atoms with E-state index < -0.39 is 11.9 Å². The third-order valence-electron chi connectivity index (χ3n) is 1.75. The van der Waals surface area contributed by atoms with Crippen LogP contribution in [0.3, 0.4) is 0 Å². The molecule has 0 amide bonds. The monoisotopic (exact) mass is 186 g/mol. The van der Waals surface area contributed by atoms with Crippen LogP contribution in [0.1, 0.15) is 18.6 Å². The Morgan fingerprint density at radius 3 is 2.54 bits per heavy atom. The van der Waals surface area contributed by atoms with Gasteiger partial charge in [-0.25, -0.2) is 4.39 Å².